The average molecular weight is 234 g/mol. The van der Waals surface area contributed by atoms with E-state index in [1.54, 1.807) is 4.31 Å². The molecule has 0 aromatic rings. The molecule has 90 valence electrons. The van der Waals surface area contributed by atoms with E-state index < -0.39 is 10.0 Å². The van der Waals surface area contributed by atoms with Gasteiger partial charge in [0.25, 0.3) is 0 Å². The Bertz CT molecular complexity index is 319. The fourth-order valence-corrected chi connectivity index (χ4v) is 4.26. The van der Waals surface area contributed by atoms with Crippen LogP contribution in [0.4, 0.5) is 0 Å². The van der Waals surface area contributed by atoms with Crippen molar-refractivity contribution >= 4 is 10.0 Å². The Morgan fingerprint density at radius 1 is 1.40 bits per heavy atom. The van der Waals surface area contributed by atoms with Crippen molar-refractivity contribution in [1.29, 1.82) is 0 Å². The minimum absolute atomic E-state index is 0.0141. The number of hydrogen-bond acceptors (Lipinski definition) is 3. The number of hydrogen-bond donors (Lipinski definition) is 1. The maximum absolute atomic E-state index is 12.1. The van der Waals surface area contributed by atoms with Gasteiger partial charge in [0.05, 0.1) is 5.75 Å². The molecule has 0 spiro atoms. The summed E-state index contributed by atoms with van der Waals surface area (Å²) in [5, 5.41) is 0. The van der Waals surface area contributed by atoms with Crippen molar-refractivity contribution in [3.05, 3.63) is 0 Å². The molecule has 0 aliphatic carbocycles. The highest BCUT2D eigenvalue weighted by Crippen LogP contribution is 2.25. The van der Waals surface area contributed by atoms with Gasteiger partial charge >= 0.3 is 0 Å². The Hall–Kier alpha value is -0.130. The molecule has 2 N–H and O–H groups in total. The van der Waals surface area contributed by atoms with Gasteiger partial charge in [-0.1, -0.05) is 20.8 Å². The zero-order valence-corrected chi connectivity index (χ0v) is 10.8. The molecule has 2 atom stereocenters. The van der Waals surface area contributed by atoms with E-state index in [0.717, 1.165) is 6.42 Å². The van der Waals surface area contributed by atoms with Gasteiger partial charge in [-0.05, 0) is 18.8 Å². The number of nitrogens with two attached hydrogens (primary N) is 1. The Morgan fingerprint density at radius 2 is 1.93 bits per heavy atom. The molecule has 1 heterocycles. The molecule has 1 rings (SSSR count). The van der Waals surface area contributed by atoms with Crippen molar-refractivity contribution in [2.24, 2.45) is 11.1 Å². The van der Waals surface area contributed by atoms with Crippen molar-refractivity contribution in [3.63, 3.8) is 0 Å². The van der Waals surface area contributed by atoms with Gasteiger partial charge in [0, 0.05) is 18.6 Å². The highest BCUT2D eigenvalue weighted by Gasteiger charge is 2.37. The van der Waals surface area contributed by atoms with E-state index in [4.69, 9.17) is 5.73 Å². The number of sulfonamides is 1. The third kappa shape index (κ3) is 3.16. The summed E-state index contributed by atoms with van der Waals surface area (Å²) in [7, 11) is -3.15. The first-order chi connectivity index (χ1) is 6.63. The van der Waals surface area contributed by atoms with Crippen molar-refractivity contribution in [2.75, 3.05) is 12.3 Å². The van der Waals surface area contributed by atoms with E-state index >= 15 is 0 Å². The molecule has 1 aliphatic heterocycles. The summed E-state index contributed by atoms with van der Waals surface area (Å²) in [6.45, 7) is 8.26. The van der Waals surface area contributed by atoms with Gasteiger partial charge in [-0.3, -0.25) is 0 Å². The fourth-order valence-electron chi connectivity index (χ4n) is 1.96. The van der Waals surface area contributed by atoms with Crippen LogP contribution in [0.2, 0.25) is 0 Å². The highest BCUT2D eigenvalue weighted by atomic mass is 32.2. The molecule has 2 unspecified atom stereocenters. The Labute approximate surface area is 92.9 Å². The summed E-state index contributed by atoms with van der Waals surface area (Å²) in [5.41, 5.74) is 5.62. The standard InChI is InChI=1S/C10H22N2O2S/c1-8-9(11)5-6-12(8)15(13,14)7-10(2,3)4/h8-9H,5-7,11H2,1-4H3. The summed E-state index contributed by atoms with van der Waals surface area (Å²) >= 11 is 0. The van der Waals surface area contributed by atoms with Crippen LogP contribution in [-0.2, 0) is 10.0 Å². The van der Waals surface area contributed by atoms with Gasteiger partial charge in [0.15, 0.2) is 0 Å². The lowest BCUT2D eigenvalue weighted by atomic mass is 10.0. The van der Waals surface area contributed by atoms with Crippen molar-refractivity contribution < 1.29 is 8.42 Å². The molecule has 0 radical (unpaired) electrons. The second kappa shape index (κ2) is 4.03. The van der Waals surface area contributed by atoms with E-state index in [0.29, 0.717) is 6.54 Å². The predicted octanol–water partition coefficient (Wildman–Crippen LogP) is 0.784. The van der Waals surface area contributed by atoms with Crippen LogP contribution in [0.25, 0.3) is 0 Å². The SMILES string of the molecule is CC1C(N)CCN1S(=O)(=O)CC(C)(C)C. The van der Waals surface area contributed by atoms with Crippen LogP contribution in [0.1, 0.15) is 34.1 Å². The molecule has 0 saturated carbocycles. The van der Waals surface area contributed by atoms with Crippen LogP contribution in [0.3, 0.4) is 0 Å². The maximum atomic E-state index is 12.1. The van der Waals surface area contributed by atoms with Crippen molar-refractivity contribution in [1.82, 2.24) is 4.31 Å². The average Bonchev–Trinajstić information content (AvgIpc) is 2.27. The highest BCUT2D eigenvalue weighted by molar-refractivity contribution is 7.89. The minimum Gasteiger partial charge on any atom is -0.326 e. The molecule has 1 fully saturated rings. The van der Waals surface area contributed by atoms with Crippen LogP contribution >= 0.6 is 0 Å². The van der Waals surface area contributed by atoms with Crippen LogP contribution in [-0.4, -0.2) is 37.1 Å². The Kier molecular flexibility index (Phi) is 3.48. The monoisotopic (exact) mass is 234 g/mol. The van der Waals surface area contributed by atoms with E-state index in [1.165, 1.54) is 0 Å². The molecular formula is C10H22N2O2S. The summed E-state index contributed by atoms with van der Waals surface area (Å²) in [6, 6.07) is -0.0721. The van der Waals surface area contributed by atoms with Gasteiger partial charge in [-0.25, -0.2) is 8.42 Å². The van der Waals surface area contributed by atoms with Gasteiger partial charge < -0.3 is 5.73 Å². The predicted molar refractivity (Wildman–Crippen MR) is 62.0 cm³/mol. The number of nitrogens with zero attached hydrogens (tertiary/aromatic N) is 1. The minimum atomic E-state index is -3.15. The zero-order valence-electron chi connectivity index (χ0n) is 10.0. The first-order valence-electron chi connectivity index (χ1n) is 5.38. The summed E-state index contributed by atoms with van der Waals surface area (Å²) in [6.07, 6.45) is 0.768. The summed E-state index contributed by atoms with van der Waals surface area (Å²) < 4.78 is 25.7. The third-order valence-corrected chi connectivity index (χ3v) is 5.19. The quantitative estimate of drug-likeness (QED) is 0.768. The smallest absolute Gasteiger partial charge is 0.214 e. The fraction of sp³-hybridized carbons (Fsp3) is 1.00. The topological polar surface area (TPSA) is 63.4 Å². The lowest BCUT2D eigenvalue weighted by molar-refractivity contribution is 0.375. The molecule has 0 aromatic carbocycles. The molecule has 1 saturated heterocycles. The zero-order chi connectivity index (χ0) is 11.9. The Balaban J connectivity index is 2.80. The largest absolute Gasteiger partial charge is 0.326 e. The molecule has 5 heteroatoms. The van der Waals surface area contributed by atoms with Gasteiger partial charge in [0.1, 0.15) is 0 Å². The normalized spacial score (nSPS) is 29.7. The van der Waals surface area contributed by atoms with E-state index in [9.17, 15) is 8.42 Å². The summed E-state index contributed by atoms with van der Waals surface area (Å²) in [4.78, 5) is 0. The third-order valence-electron chi connectivity index (χ3n) is 2.73. The van der Waals surface area contributed by atoms with Crippen LogP contribution < -0.4 is 5.73 Å². The van der Waals surface area contributed by atoms with Crippen LogP contribution in [0.5, 0.6) is 0 Å². The van der Waals surface area contributed by atoms with Gasteiger partial charge in [-0.2, -0.15) is 4.31 Å². The molecule has 0 bridgehead atoms. The number of rotatable bonds is 2. The second-order valence-electron chi connectivity index (χ2n) is 5.62. The van der Waals surface area contributed by atoms with Gasteiger partial charge in [-0.15, -0.1) is 0 Å². The van der Waals surface area contributed by atoms with Crippen molar-refractivity contribution in [3.8, 4) is 0 Å². The molecule has 0 amide bonds. The second-order valence-corrected chi connectivity index (χ2v) is 7.54. The molecule has 15 heavy (non-hydrogen) atoms. The molecule has 0 aromatic heterocycles. The van der Waals surface area contributed by atoms with E-state index in [1.807, 2.05) is 27.7 Å². The Morgan fingerprint density at radius 3 is 2.27 bits per heavy atom. The van der Waals surface area contributed by atoms with Crippen LogP contribution in [0.15, 0.2) is 0 Å². The molecule has 4 nitrogen and oxygen atoms in total. The molecular weight excluding hydrogens is 212 g/mol. The molecule has 1 aliphatic rings. The van der Waals surface area contributed by atoms with Crippen LogP contribution in [0, 0.1) is 5.41 Å². The first kappa shape index (κ1) is 12.9. The van der Waals surface area contributed by atoms with Gasteiger partial charge in [0.2, 0.25) is 10.0 Å². The van der Waals surface area contributed by atoms with E-state index in [2.05, 4.69) is 0 Å². The van der Waals surface area contributed by atoms with E-state index in [-0.39, 0.29) is 23.3 Å². The maximum Gasteiger partial charge on any atom is 0.214 e. The first-order valence-corrected chi connectivity index (χ1v) is 6.99. The lowest BCUT2D eigenvalue weighted by Gasteiger charge is -2.27. The summed E-state index contributed by atoms with van der Waals surface area (Å²) in [5.74, 6) is 0.192. The van der Waals surface area contributed by atoms with Crippen molar-refractivity contribution in [2.45, 2.75) is 46.2 Å². The lowest BCUT2D eigenvalue weighted by Crippen LogP contribution is -2.43.